The van der Waals surface area contributed by atoms with Crippen molar-refractivity contribution in [2.24, 2.45) is 4.99 Å². The van der Waals surface area contributed by atoms with Gasteiger partial charge in [0.2, 0.25) is 3.79 Å². The van der Waals surface area contributed by atoms with E-state index < -0.39 is 15.9 Å². The molecule has 28 heavy (non-hydrogen) atoms. The zero-order valence-corrected chi connectivity index (χ0v) is 18.6. The Morgan fingerprint density at radius 1 is 1.11 bits per heavy atom. The van der Waals surface area contributed by atoms with Gasteiger partial charge in [-0.3, -0.25) is 9.79 Å². The molecule has 0 N–H and O–H groups in total. The van der Waals surface area contributed by atoms with Crippen molar-refractivity contribution >= 4 is 57.3 Å². The number of hydrogen-bond acceptors (Lipinski definition) is 3. The molecule has 0 saturated heterocycles. The summed E-state index contributed by atoms with van der Waals surface area (Å²) in [5.74, 6) is -0.486. The molecule has 0 saturated carbocycles. The van der Waals surface area contributed by atoms with E-state index in [1.54, 1.807) is 13.0 Å². The lowest BCUT2D eigenvalue weighted by molar-refractivity contribution is -0.145. The van der Waals surface area contributed by atoms with Gasteiger partial charge in [-0.2, -0.15) is 0 Å². The first-order valence-electron chi connectivity index (χ1n) is 9.00. The van der Waals surface area contributed by atoms with Gasteiger partial charge < -0.3 is 4.74 Å². The number of hydrogen-bond donors (Lipinski definition) is 0. The largest absolute Gasteiger partial charge is 0.453 e. The molecule has 2 rings (SSSR count). The van der Waals surface area contributed by atoms with E-state index in [1.807, 2.05) is 39.0 Å². The molecule has 0 radical (unpaired) electrons. The Labute approximate surface area is 181 Å². The second-order valence-electron chi connectivity index (χ2n) is 6.98. The summed E-state index contributed by atoms with van der Waals surface area (Å²) in [5.41, 5.74) is 2.65. The number of halogens is 3. The standard InChI is InChI=1S/C22H24Cl3NO2/c1-14(2)12-20(22(23,24)25)28-21(27)13-15(3)26-16(4)18-11-7-9-17-8-5-6-10-19(17)18/h5-12,16,20H,13H2,1-4H3/t16-,20?/m0/s1. The number of ether oxygens (including phenoxy) is 1. The number of fused-ring (bicyclic) bond motifs is 1. The molecule has 1 unspecified atom stereocenters. The SMILES string of the molecule is CC(C)=CC(OC(=O)CC(C)=N[C@@H](C)c1cccc2ccccc12)C(Cl)(Cl)Cl. The van der Waals surface area contributed by atoms with Gasteiger partial charge >= 0.3 is 5.97 Å². The molecule has 0 fully saturated rings. The van der Waals surface area contributed by atoms with E-state index in [-0.39, 0.29) is 12.5 Å². The van der Waals surface area contributed by atoms with E-state index in [0.717, 1.165) is 21.9 Å². The van der Waals surface area contributed by atoms with Gasteiger partial charge in [0.15, 0.2) is 6.10 Å². The minimum Gasteiger partial charge on any atom is -0.453 e. The fourth-order valence-electron chi connectivity index (χ4n) is 2.95. The van der Waals surface area contributed by atoms with Gasteiger partial charge in [0, 0.05) is 5.71 Å². The molecule has 0 amide bonds. The van der Waals surface area contributed by atoms with Crippen LogP contribution in [0, 0.1) is 0 Å². The Morgan fingerprint density at radius 2 is 1.75 bits per heavy atom. The maximum atomic E-state index is 12.3. The Morgan fingerprint density at radius 3 is 2.39 bits per heavy atom. The molecule has 0 aliphatic heterocycles. The number of nitrogens with zero attached hydrogens (tertiary/aromatic N) is 1. The van der Waals surface area contributed by atoms with Crippen molar-refractivity contribution in [2.45, 2.75) is 50.1 Å². The molecule has 2 atom stereocenters. The highest BCUT2D eigenvalue weighted by atomic mass is 35.6. The molecule has 6 heteroatoms. The van der Waals surface area contributed by atoms with Crippen LogP contribution in [-0.4, -0.2) is 21.6 Å². The van der Waals surface area contributed by atoms with Crippen molar-refractivity contribution in [1.82, 2.24) is 0 Å². The van der Waals surface area contributed by atoms with Crippen molar-refractivity contribution in [1.29, 1.82) is 0 Å². The predicted octanol–water partition coefficient (Wildman–Crippen LogP) is 7.00. The molecule has 0 aromatic heterocycles. The van der Waals surface area contributed by atoms with Gasteiger partial charge in [0.25, 0.3) is 0 Å². The number of carbonyl (C=O) groups excluding carboxylic acids is 1. The van der Waals surface area contributed by atoms with Gasteiger partial charge in [-0.05, 0) is 50.1 Å². The summed E-state index contributed by atoms with van der Waals surface area (Å²) < 4.78 is 3.63. The van der Waals surface area contributed by atoms with Crippen LogP contribution in [0.5, 0.6) is 0 Å². The number of carbonyl (C=O) groups is 1. The van der Waals surface area contributed by atoms with Gasteiger partial charge in [-0.15, -0.1) is 0 Å². The van der Waals surface area contributed by atoms with Crippen LogP contribution in [0.2, 0.25) is 0 Å². The smallest absolute Gasteiger partial charge is 0.312 e. The van der Waals surface area contributed by atoms with E-state index in [4.69, 9.17) is 39.5 Å². The summed E-state index contributed by atoms with van der Waals surface area (Å²) in [6.45, 7) is 7.49. The van der Waals surface area contributed by atoms with Crippen molar-refractivity contribution in [3.63, 3.8) is 0 Å². The number of alkyl halides is 3. The van der Waals surface area contributed by atoms with Gasteiger partial charge in [0.05, 0.1) is 12.5 Å². The summed E-state index contributed by atoms with van der Waals surface area (Å²) in [5, 5.41) is 2.31. The average Bonchev–Trinajstić information content (AvgIpc) is 2.59. The second-order valence-corrected chi connectivity index (χ2v) is 9.35. The second kappa shape index (κ2) is 9.78. The normalized spacial score (nSPS) is 14.5. The van der Waals surface area contributed by atoms with Gasteiger partial charge in [-0.1, -0.05) is 82.8 Å². The maximum Gasteiger partial charge on any atom is 0.312 e. The first-order chi connectivity index (χ1) is 13.1. The van der Waals surface area contributed by atoms with E-state index in [0.29, 0.717) is 5.71 Å². The van der Waals surface area contributed by atoms with E-state index in [2.05, 4.69) is 29.3 Å². The van der Waals surface area contributed by atoms with Crippen LogP contribution in [0.25, 0.3) is 10.8 Å². The van der Waals surface area contributed by atoms with Crippen molar-refractivity contribution in [3.8, 4) is 0 Å². The summed E-state index contributed by atoms with van der Waals surface area (Å²) in [7, 11) is 0. The number of benzene rings is 2. The highest BCUT2D eigenvalue weighted by Gasteiger charge is 2.34. The number of rotatable bonds is 6. The third-order valence-corrected chi connectivity index (χ3v) is 4.80. The monoisotopic (exact) mass is 439 g/mol. The lowest BCUT2D eigenvalue weighted by atomic mass is 10.00. The van der Waals surface area contributed by atoms with Crippen molar-refractivity contribution in [3.05, 3.63) is 59.7 Å². The third kappa shape index (κ3) is 6.51. The molecule has 0 aliphatic rings. The van der Waals surface area contributed by atoms with Gasteiger partial charge in [0.1, 0.15) is 0 Å². The molecule has 2 aromatic carbocycles. The molecular formula is C22H24Cl3NO2. The Balaban J connectivity index is 2.12. The molecule has 150 valence electrons. The van der Waals surface area contributed by atoms with E-state index >= 15 is 0 Å². The molecule has 0 spiro atoms. The summed E-state index contributed by atoms with van der Waals surface area (Å²) >= 11 is 17.8. The first kappa shape index (κ1) is 22.7. The zero-order valence-electron chi connectivity index (χ0n) is 16.4. The van der Waals surface area contributed by atoms with Crippen LogP contribution in [0.4, 0.5) is 0 Å². The lowest BCUT2D eigenvalue weighted by Crippen LogP contribution is -2.30. The summed E-state index contributed by atoms with van der Waals surface area (Å²) in [6.07, 6.45) is 0.706. The fraction of sp³-hybridized carbons (Fsp3) is 0.364. The summed E-state index contributed by atoms with van der Waals surface area (Å²) in [6, 6.07) is 14.2. The van der Waals surface area contributed by atoms with Crippen LogP contribution in [0.15, 0.2) is 59.1 Å². The minimum atomic E-state index is -1.73. The third-order valence-electron chi connectivity index (χ3n) is 4.15. The molecule has 0 aliphatic carbocycles. The molecular weight excluding hydrogens is 417 g/mol. The topological polar surface area (TPSA) is 38.7 Å². The molecule has 0 bridgehead atoms. The molecule has 0 heterocycles. The average molecular weight is 441 g/mol. The highest BCUT2D eigenvalue weighted by Crippen LogP contribution is 2.34. The van der Waals surface area contributed by atoms with Crippen molar-refractivity contribution in [2.75, 3.05) is 0 Å². The predicted molar refractivity (Wildman–Crippen MR) is 120 cm³/mol. The number of esters is 1. The van der Waals surface area contributed by atoms with Gasteiger partial charge in [-0.25, -0.2) is 0 Å². The number of allylic oxidation sites excluding steroid dienone is 1. The highest BCUT2D eigenvalue weighted by molar-refractivity contribution is 6.68. The van der Waals surface area contributed by atoms with E-state index in [9.17, 15) is 4.79 Å². The van der Waals surface area contributed by atoms with E-state index in [1.165, 1.54) is 0 Å². The van der Waals surface area contributed by atoms with Crippen LogP contribution in [-0.2, 0) is 9.53 Å². The van der Waals surface area contributed by atoms with Crippen LogP contribution >= 0.6 is 34.8 Å². The maximum absolute atomic E-state index is 12.3. The molecule has 2 aromatic rings. The quantitative estimate of drug-likeness (QED) is 0.210. The minimum absolute atomic E-state index is 0.0307. The van der Waals surface area contributed by atoms with Crippen LogP contribution in [0.1, 0.15) is 45.7 Å². The fourth-order valence-corrected chi connectivity index (χ4v) is 3.27. The zero-order chi connectivity index (χ0) is 20.9. The Hall–Kier alpha value is -1.55. The van der Waals surface area contributed by atoms with Crippen LogP contribution in [0.3, 0.4) is 0 Å². The summed E-state index contributed by atoms with van der Waals surface area (Å²) in [4.78, 5) is 17.0. The Kier molecular flexibility index (Phi) is 7.94. The number of aliphatic imine (C=N–C) groups is 1. The molecule has 3 nitrogen and oxygen atoms in total. The lowest BCUT2D eigenvalue weighted by Gasteiger charge is -2.22. The Bertz CT molecular complexity index is 891. The first-order valence-corrected chi connectivity index (χ1v) is 10.1. The van der Waals surface area contributed by atoms with Crippen molar-refractivity contribution < 1.29 is 9.53 Å². The van der Waals surface area contributed by atoms with Crippen LogP contribution < -0.4 is 0 Å².